The topological polar surface area (TPSA) is 118 Å². The predicted octanol–water partition coefficient (Wildman–Crippen LogP) is 3.58. The summed E-state index contributed by atoms with van der Waals surface area (Å²) in [5.74, 6) is 0.551. The average molecular weight is 404 g/mol. The van der Waals surface area contributed by atoms with Gasteiger partial charge in [-0.05, 0) is 68.2 Å². The van der Waals surface area contributed by atoms with Gasteiger partial charge in [-0.25, -0.2) is 0 Å². The Kier molecular flexibility index (Phi) is 6.28. The number of benzene rings is 2. The van der Waals surface area contributed by atoms with Gasteiger partial charge in [0.05, 0.1) is 29.1 Å². The van der Waals surface area contributed by atoms with Crippen LogP contribution >= 0.6 is 0 Å². The summed E-state index contributed by atoms with van der Waals surface area (Å²) < 4.78 is 36.6. The van der Waals surface area contributed by atoms with Crippen LogP contribution in [0.25, 0.3) is 0 Å². The van der Waals surface area contributed by atoms with Crippen LogP contribution in [0.2, 0.25) is 0 Å². The first-order chi connectivity index (χ1) is 13.4. The van der Waals surface area contributed by atoms with Gasteiger partial charge in [0.2, 0.25) is 0 Å². The van der Waals surface area contributed by atoms with Gasteiger partial charge in [-0.3, -0.25) is 4.55 Å². The fraction of sp³-hybridized carbons (Fsp3) is 0.368. The molecular weight excluding hydrogens is 380 g/mol. The number of methoxy groups -OCH3 is 1. The zero-order valence-corrected chi connectivity index (χ0v) is 16.5. The van der Waals surface area contributed by atoms with Crippen molar-refractivity contribution >= 4 is 27.2 Å². The van der Waals surface area contributed by atoms with Crippen LogP contribution in [0, 0.1) is 0 Å². The van der Waals surface area contributed by atoms with Crippen molar-refractivity contribution in [2.24, 2.45) is 10.2 Å². The van der Waals surface area contributed by atoms with Crippen molar-refractivity contribution in [3.05, 3.63) is 42.0 Å². The molecule has 3 rings (SSSR count). The Morgan fingerprint density at radius 3 is 2.36 bits per heavy atom. The average Bonchev–Trinajstić information content (AvgIpc) is 3.19. The molecule has 28 heavy (non-hydrogen) atoms. The van der Waals surface area contributed by atoms with E-state index in [0.717, 1.165) is 31.6 Å². The van der Waals surface area contributed by atoms with Gasteiger partial charge in [0, 0.05) is 12.6 Å². The molecule has 3 N–H and O–H groups in total. The van der Waals surface area contributed by atoms with E-state index < -0.39 is 10.1 Å². The fourth-order valence-electron chi connectivity index (χ4n) is 3.19. The predicted molar refractivity (Wildman–Crippen MR) is 107 cm³/mol. The number of hydrogen-bond donors (Lipinski definition) is 2. The lowest BCUT2D eigenvalue weighted by Gasteiger charge is -2.16. The van der Waals surface area contributed by atoms with Crippen LogP contribution in [0.15, 0.2) is 51.5 Å². The molecule has 1 aliphatic rings. The number of azo groups is 1. The maximum atomic E-state index is 11.1. The van der Waals surface area contributed by atoms with E-state index in [-0.39, 0.29) is 4.90 Å². The smallest absolute Gasteiger partial charge is 0.294 e. The Hall–Kier alpha value is -2.49. The minimum atomic E-state index is -4.23. The molecule has 1 fully saturated rings. The molecule has 1 saturated heterocycles. The van der Waals surface area contributed by atoms with Gasteiger partial charge in [-0.15, -0.1) is 0 Å². The van der Waals surface area contributed by atoms with E-state index in [0.29, 0.717) is 22.8 Å². The van der Waals surface area contributed by atoms with Gasteiger partial charge < -0.3 is 15.4 Å². The number of nitrogen functional groups attached to an aromatic ring is 1. The Bertz CT molecular complexity index is 953. The van der Waals surface area contributed by atoms with Gasteiger partial charge in [0.25, 0.3) is 10.1 Å². The molecule has 1 aliphatic heterocycles. The first-order valence-corrected chi connectivity index (χ1v) is 10.5. The van der Waals surface area contributed by atoms with E-state index in [2.05, 4.69) is 15.1 Å². The van der Waals surface area contributed by atoms with Crippen LogP contribution in [0.5, 0.6) is 5.75 Å². The molecule has 2 aromatic rings. The van der Waals surface area contributed by atoms with E-state index in [1.54, 1.807) is 13.2 Å². The van der Waals surface area contributed by atoms with Crippen LogP contribution < -0.4 is 10.5 Å². The van der Waals surface area contributed by atoms with Crippen molar-refractivity contribution in [2.45, 2.75) is 24.2 Å². The van der Waals surface area contributed by atoms with Crippen molar-refractivity contribution in [3.8, 4) is 5.75 Å². The van der Waals surface area contributed by atoms with Gasteiger partial charge in [-0.1, -0.05) is 0 Å². The minimum Gasteiger partial charge on any atom is -0.495 e. The van der Waals surface area contributed by atoms with Crippen LogP contribution in [0.3, 0.4) is 0 Å². The standard InChI is InChI=1S/C19H24N4O4S/c1-27-18-13-16(12-14(19(18)20)8-11-23-9-2-3-10-23)22-21-15-4-6-17(7-5-15)28(24,25)26/h4-7,12-13H,2-3,8-11,20H2,1H3,(H,24,25,26). The first kappa shape index (κ1) is 20.2. The summed E-state index contributed by atoms with van der Waals surface area (Å²) in [4.78, 5) is 2.22. The normalized spacial score (nSPS) is 15.4. The molecule has 1 heterocycles. The first-order valence-electron chi connectivity index (χ1n) is 9.05. The van der Waals surface area contributed by atoms with Crippen LogP contribution in [-0.2, 0) is 16.5 Å². The molecule has 0 aliphatic carbocycles. The molecule has 0 spiro atoms. The van der Waals surface area contributed by atoms with E-state index in [1.165, 1.54) is 37.1 Å². The molecule has 0 amide bonds. The van der Waals surface area contributed by atoms with E-state index in [4.69, 9.17) is 15.0 Å². The van der Waals surface area contributed by atoms with Crippen LogP contribution in [0.4, 0.5) is 17.1 Å². The summed E-state index contributed by atoms with van der Waals surface area (Å²) in [7, 11) is -2.67. The van der Waals surface area contributed by atoms with E-state index in [9.17, 15) is 8.42 Å². The molecule has 0 saturated carbocycles. The van der Waals surface area contributed by atoms with E-state index >= 15 is 0 Å². The number of rotatable bonds is 7. The highest BCUT2D eigenvalue weighted by Gasteiger charge is 2.14. The van der Waals surface area contributed by atoms with Crippen LogP contribution in [0.1, 0.15) is 18.4 Å². The Labute approximate surface area is 164 Å². The highest BCUT2D eigenvalue weighted by Crippen LogP contribution is 2.33. The quantitative estimate of drug-likeness (QED) is 0.414. The lowest BCUT2D eigenvalue weighted by atomic mass is 10.1. The van der Waals surface area contributed by atoms with Crippen molar-refractivity contribution in [1.82, 2.24) is 4.90 Å². The summed E-state index contributed by atoms with van der Waals surface area (Å²) in [6.45, 7) is 3.18. The Morgan fingerprint density at radius 1 is 1.11 bits per heavy atom. The second-order valence-corrected chi connectivity index (χ2v) is 8.11. The molecule has 8 nitrogen and oxygen atoms in total. The summed E-state index contributed by atoms with van der Waals surface area (Å²) in [6.07, 6.45) is 3.28. The number of nitrogens with two attached hydrogens (primary N) is 1. The minimum absolute atomic E-state index is 0.190. The third-order valence-corrected chi connectivity index (χ3v) is 5.61. The van der Waals surface area contributed by atoms with Gasteiger partial charge in [0.1, 0.15) is 5.75 Å². The number of anilines is 1. The second-order valence-electron chi connectivity index (χ2n) is 6.69. The van der Waals surface area contributed by atoms with Gasteiger partial charge >= 0.3 is 0 Å². The highest BCUT2D eigenvalue weighted by atomic mass is 32.2. The summed E-state index contributed by atoms with van der Waals surface area (Å²) in [6, 6.07) is 9.09. The largest absolute Gasteiger partial charge is 0.495 e. The van der Waals surface area contributed by atoms with Crippen molar-refractivity contribution < 1.29 is 17.7 Å². The third-order valence-electron chi connectivity index (χ3n) is 4.74. The number of likely N-dealkylation sites (tertiary alicyclic amines) is 1. The summed E-state index contributed by atoms with van der Waals surface area (Å²) in [5.41, 5.74) is 8.84. The molecule has 9 heteroatoms. The molecule has 0 aromatic heterocycles. The molecule has 0 radical (unpaired) electrons. The molecule has 0 atom stereocenters. The highest BCUT2D eigenvalue weighted by molar-refractivity contribution is 7.85. The zero-order chi connectivity index (χ0) is 20.1. The maximum Gasteiger partial charge on any atom is 0.294 e. The number of ether oxygens (including phenoxy) is 1. The molecule has 150 valence electrons. The van der Waals surface area contributed by atoms with Crippen LogP contribution in [-0.4, -0.2) is 44.6 Å². The SMILES string of the molecule is COc1cc(N=Nc2ccc(S(=O)(=O)O)cc2)cc(CCN2CCCC2)c1N. The molecule has 0 bridgehead atoms. The molecule has 2 aromatic carbocycles. The van der Waals surface area contributed by atoms with E-state index in [1.807, 2.05) is 6.07 Å². The summed E-state index contributed by atoms with van der Waals surface area (Å²) in [5, 5.41) is 8.35. The second kappa shape index (κ2) is 8.68. The Balaban J connectivity index is 1.78. The van der Waals surface area contributed by atoms with Gasteiger partial charge in [-0.2, -0.15) is 18.6 Å². The maximum absolute atomic E-state index is 11.1. The van der Waals surface area contributed by atoms with Crippen molar-refractivity contribution in [3.63, 3.8) is 0 Å². The number of nitrogens with zero attached hydrogens (tertiary/aromatic N) is 3. The Morgan fingerprint density at radius 2 is 1.75 bits per heavy atom. The monoisotopic (exact) mass is 404 g/mol. The van der Waals surface area contributed by atoms with Crippen molar-refractivity contribution in [1.29, 1.82) is 0 Å². The lowest BCUT2D eigenvalue weighted by Crippen LogP contribution is -2.22. The number of hydrogen-bond acceptors (Lipinski definition) is 7. The fourth-order valence-corrected chi connectivity index (χ4v) is 3.67. The molecular formula is C19H24N4O4S. The summed E-state index contributed by atoms with van der Waals surface area (Å²) >= 11 is 0. The third kappa shape index (κ3) is 5.06. The van der Waals surface area contributed by atoms with Gasteiger partial charge in [0.15, 0.2) is 0 Å². The van der Waals surface area contributed by atoms with Crippen molar-refractivity contribution in [2.75, 3.05) is 32.5 Å². The lowest BCUT2D eigenvalue weighted by molar-refractivity contribution is 0.343. The molecule has 0 unspecified atom stereocenters. The zero-order valence-electron chi connectivity index (χ0n) is 15.7.